The Hall–Kier alpha value is -1.34. The van der Waals surface area contributed by atoms with Gasteiger partial charge in [-0.25, -0.2) is 0 Å². The first kappa shape index (κ1) is 13.7. The van der Waals surface area contributed by atoms with Crippen molar-refractivity contribution < 1.29 is 9.53 Å². The van der Waals surface area contributed by atoms with E-state index in [1.54, 1.807) is 6.92 Å². The third kappa shape index (κ3) is 3.57. The van der Waals surface area contributed by atoms with E-state index in [0.717, 1.165) is 16.7 Å². The van der Waals surface area contributed by atoms with Crippen molar-refractivity contribution in [3.05, 3.63) is 34.4 Å². The van der Waals surface area contributed by atoms with Crippen LogP contribution in [0.2, 0.25) is 0 Å². The summed E-state index contributed by atoms with van der Waals surface area (Å²) in [5, 5.41) is 9.76. The first-order chi connectivity index (χ1) is 8.12. The number of hydrogen-bond donors (Lipinski definition) is 0. The molecule has 0 heterocycles. The van der Waals surface area contributed by atoms with Gasteiger partial charge in [0, 0.05) is 5.33 Å². The maximum absolute atomic E-state index is 11.4. The molecule has 0 saturated heterocycles. The largest absolute Gasteiger partial charge is 0.466 e. The Labute approximate surface area is 110 Å². The van der Waals surface area contributed by atoms with Crippen LogP contribution in [0, 0.1) is 18.3 Å². The lowest BCUT2D eigenvalue weighted by atomic mass is 9.98. The molecule has 0 bridgehead atoms. The van der Waals surface area contributed by atoms with Gasteiger partial charge in [0.15, 0.2) is 0 Å². The predicted molar refractivity (Wildman–Crippen MR) is 68.9 cm³/mol. The van der Waals surface area contributed by atoms with Crippen molar-refractivity contribution >= 4 is 21.9 Å². The molecule has 0 amide bonds. The van der Waals surface area contributed by atoms with Crippen molar-refractivity contribution in [3.63, 3.8) is 0 Å². The predicted octanol–water partition coefficient (Wildman–Crippen LogP) is 2.87. The van der Waals surface area contributed by atoms with E-state index in [-0.39, 0.29) is 12.4 Å². The van der Waals surface area contributed by atoms with Gasteiger partial charge < -0.3 is 4.74 Å². The number of esters is 1. The van der Waals surface area contributed by atoms with Crippen molar-refractivity contribution in [2.75, 3.05) is 6.61 Å². The summed E-state index contributed by atoms with van der Waals surface area (Å²) in [6, 6.07) is 5.82. The smallest absolute Gasteiger partial charge is 0.310 e. The lowest BCUT2D eigenvalue weighted by Crippen LogP contribution is -2.09. The zero-order chi connectivity index (χ0) is 12.8. The minimum Gasteiger partial charge on any atom is -0.466 e. The van der Waals surface area contributed by atoms with Crippen molar-refractivity contribution in [3.8, 4) is 6.07 Å². The third-order valence-electron chi connectivity index (χ3n) is 2.47. The average molecular weight is 296 g/mol. The molecule has 0 aromatic heterocycles. The molecule has 0 unspecified atom stereocenters. The second kappa shape index (κ2) is 6.41. The molecule has 0 saturated carbocycles. The maximum atomic E-state index is 11.4. The van der Waals surface area contributed by atoms with Crippen molar-refractivity contribution in [1.29, 1.82) is 5.26 Å². The van der Waals surface area contributed by atoms with E-state index < -0.39 is 0 Å². The van der Waals surface area contributed by atoms with E-state index in [9.17, 15) is 4.79 Å². The number of halogens is 1. The zero-order valence-electron chi connectivity index (χ0n) is 9.92. The van der Waals surface area contributed by atoms with Crippen LogP contribution in [0.3, 0.4) is 0 Å². The maximum Gasteiger partial charge on any atom is 0.310 e. The Balaban J connectivity index is 3.03. The molecule has 17 heavy (non-hydrogen) atoms. The summed E-state index contributed by atoms with van der Waals surface area (Å²) in [7, 11) is 0. The topological polar surface area (TPSA) is 50.1 Å². The van der Waals surface area contributed by atoms with E-state index in [0.29, 0.717) is 17.5 Å². The van der Waals surface area contributed by atoms with Crippen LogP contribution in [-0.4, -0.2) is 12.6 Å². The molecule has 0 N–H and O–H groups in total. The van der Waals surface area contributed by atoms with Crippen molar-refractivity contribution in [2.24, 2.45) is 0 Å². The van der Waals surface area contributed by atoms with E-state index >= 15 is 0 Å². The van der Waals surface area contributed by atoms with Crippen LogP contribution in [0.15, 0.2) is 12.1 Å². The number of alkyl halides is 1. The van der Waals surface area contributed by atoms with Crippen molar-refractivity contribution in [1.82, 2.24) is 0 Å². The summed E-state index contributed by atoms with van der Waals surface area (Å²) in [6.45, 7) is 4.09. The number of benzene rings is 1. The first-order valence-electron chi connectivity index (χ1n) is 5.36. The number of carbonyl (C=O) groups excluding carboxylic acids is 1. The monoisotopic (exact) mass is 295 g/mol. The van der Waals surface area contributed by atoms with Gasteiger partial charge in [-0.2, -0.15) is 5.26 Å². The zero-order valence-corrected chi connectivity index (χ0v) is 11.5. The van der Waals surface area contributed by atoms with Gasteiger partial charge in [-0.3, -0.25) is 4.79 Å². The molecule has 4 heteroatoms. The summed E-state index contributed by atoms with van der Waals surface area (Å²) in [5.74, 6) is -0.296. The molecule has 0 aliphatic heterocycles. The number of ether oxygens (including phenoxy) is 1. The van der Waals surface area contributed by atoms with Crippen LogP contribution in [0.1, 0.15) is 29.2 Å². The molecular weight excluding hydrogens is 282 g/mol. The molecule has 0 atom stereocenters. The van der Waals surface area contributed by atoms with Gasteiger partial charge in [0.2, 0.25) is 0 Å². The number of rotatable bonds is 4. The first-order valence-corrected chi connectivity index (χ1v) is 6.48. The Morgan fingerprint density at radius 3 is 2.71 bits per heavy atom. The van der Waals surface area contributed by atoms with Gasteiger partial charge in [-0.1, -0.05) is 22.0 Å². The van der Waals surface area contributed by atoms with Crippen LogP contribution in [0.25, 0.3) is 0 Å². The third-order valence-corrected chi connectivity index (χ3v) is 3.07. The quantitative estimate of drug-likeness (QED) is 0.634. The molecular formula is C13H14BrNO2. The van der Waals surface area contributed by atoms with Gasteiger partial charge in [-0.15, -0.1) is 0 Å². The molecule has 0 aliphatic carbocycles. The molecule has 0 spiro atoms. The normalized spacial score (nSPS) is 9.76. The summed E-state index contributed by atoms with van der Waals surface area (Å²) >= 11 is 3.37. The van der Waals surface area contributed by atoms with Crippen LogP contribution in [-0.2, 0) is 21.3 Å². The highest BCUT2D eigenvalue weighted by molar-refractivity contribution is 9.08. The van der Waals surface area contributed by atoms with E-state index in [4.69, 9.17) is 10.00 Å². The van der Waals surface area contributed by atoms with Gasteiger partial charge in [-0.05, 0) is 36.6 Å². The van der Waals surface area contributed by atoms with E-state index in [2.05, 4.69) is 22.0 Å². The van der Waals surface area contributed by atoms with Gasteiger partial charge in [0.05, 0.1) is 24.7 Å². The molecule has 0 radical (unpaired) electrons. The highest BCUT2D eigenvalue weighted by atomic mass is 79.9. The molecule has 1 aromatic carbocycles. The minimum absolute atomic E-state index is 0.153. The van der Waals surface area contributed by atoms with E-state index in [1.807, 2.05) is 19.1 Å². The Morgan fingerprint density at radius 2 is 2.18 bits per heavy atom. The summed E-state index contributed by atoms with van der Waals surface area (Å²) < 4.78 is 4.88. The standard InChI is InChI=1S/C13H14BrNO2/c1-3-17-13(16)6-10-4-9(2)11(7-14)5-12(10)8-15/h4-5H,3,6-7H2,1-2H3. The van der Waals surface area contributed by atoms with Crippen LogP contribution < -0.4 is 0 Å². The highest BCUT2D eigenvalue weighted by Gasteiger charge is 2.11. The van der Waals surface area contributed by atoms with E-state index in [1.165, 1.54) is 0 Å². The lowest BCUT2D eigenvalue weighted by Gasteiger charge is -2.08. The molecule has 90 valence electrons. The molecule has 0 aliphatic rings. The number of nitrogens with zero attached hydrogens (tertiary/aromatic N) is 1. The number of nitriles is 1. The summed E-state index contributed by atoms with van der Waals surface area (Å²) in [5.41, 5.74) is 3.40. The van der Waals surface area contributed by atoms with Crippen LogP contribution in [0.4, 0.5) is 0 Å². The molecule has 3 nitrogen and oxygen atoms in total. The van der Waals surface area contributed by atoms with Crippen LogP contribution in [0.5, 0.6) is 0 Å². The minimum atomic E-state index is -0.296. The molecule has 0 fully saturated rings. The Morgan fingerprint density at radius 1 is 1.47 bits per heavy atom. The summed E-state index contributed by atoms with van der Waals surface area (Å²) in [6.07, 6.45) is 0.153. The lowest BCUT2D eigenvalue weighted by molar-refractivity contribution is -0.142. The Bertz CT molecular complexity index is 463. The Kier molecular flexibility index (Phi) is 5.17. The number of hydrogen-bond acceptors (Lipinski definition) is 3. The fourth-order valence-electron chi connectivity index (χ4n) is 1.57. The fourth-order valence-corrected chi connectivity index (χ4v) is 2.18. The fraction of sp³-hybridized carbons (Fsp3) is 0.385. The highest BCUT2D eigenvalue weighted by Crippen LogP contribution is 2.19. The molecule has 1 aromatic rings. The average Bonchev–Trinajstić information content (AvgIpc) is 2.29. The summed E-state index contributed by atoms with van der Waals surface area (Å²) in [4.78, 5) is 11.4. The van der Waals surface area contributed by atoms with Crippen LogP contribution >= 0.6 is 15.9 Å². The van der Waals surface area contributed by atoms with Crippen molar-refractivity contribution in [2.45, 2.75) is 25.6 Å². The van der Waals surface area contributed by atoms with Gasteiger partial charge in [0.1, 0.15) is 0 Å². The second-order valence-corrected chi connectivity index (χ2v) is 4.22. The number of aryl methyl sites for hydroxylation is 1. The second-order valence-electron chi connectivity index (χ2n) is 3.66. The van der Waals surface area contributed by atoms with Gasteiger partial charge >= 0.3 is 5.97 Å². The van der Waals surface area contributed by atoms with Gasteiger partial charge in [0.25, 0.3) is 0 Å². The number of carbonyl (C=O) groups is 1. The SMILES string of the molecule is CCOC(=O)Cc1cc(C)c(CBr)cc1C#N. The molecule has 1 rings (SSSR count).